The van der Waals surface area contributed by atoms with Gasteiger partial charge >= 0.3 is 11.9 Å². The average Bonchev–Trinajstić information content (AvgIpc) is 3.51. The Morgan fingerprint density at radius 3 is 2.09 bits per heavy atom. The van der Waals surface area contributed by atoms with Crippen LogP contribution in [0.15, 0.2) is 48.2 Å². The number of hydrogen-bond donors (Lipinski definition) is 4. The van der Waals surface area contributed by atoms with Crippen LogP contribution in [0.25, 0.3) is 11.3 Å². The van der Waals surface area contributed by atoms with Crippen molar-refractivity contribution in [2.45, 2.75) is 69.8 Å². The summed E-state index contributed by atoms with van der Waals surface area (Å²) in [5.74, 6) is -4.58. The van der Waals surface area contributed by atoms with Crippen molar-refractivity contribution in [2.24, 2.45) is 4.99 Å². The zero-order chi connectivity index (χ0) is 32.8. The molecule has 2 aromatic heterocycles. The van der Waals surface area contributed by atoms with Gasteiger partial charge in [0.25, 0.3) is 0 Å². The smallest absolute Gasteiger partial charge is 0.303 e. The van der Waals surface area contributed by atoms with Gasteiger partial charge in [0.15, 0.2) is 11.6 Å². The lowest BCUT2D eigenvalue weighted by molar-refractivity contribution is -0.138. The van der Waals surface area contributed by atoms with Gasteiger partial charge in [0.2, 0.25) is 0 Å². The van der Waals surface area contributed by atoms with Crippen LogP contribution in [0.4, 0.5) is 13.2 Å². The maximum atomic E-state index is 14.5. The predicted octanol–water partition coefficient (Wildman–Crippen LogP) is 4.42. The van der Waals surface area contributed by atoms with E-state index in [-0.39, 0.29) is 41.9 Å². The maximum absolute atomic E-state index is 14.5. The molecule has 15 heteroatoms. The van der Waals surface area contributed by atoms with E-state index in [1.165, 1.54) is 23.7 Å². The molecule has 3 aromatic rings. The van der Waals surface area contributed by atoms with Crippen molar-refractivity contribution in [3.05, 3.63) is 72.0 Å². The number of halogens is 3. The molecule has 0 amide bonds. The van der Waals surface area contributed by atoms with Crippen LogP contribution < -0.4 is 5.43 Å². The second kappa shape index (κ2) is 17.1. The number of aliphatic imine (C=N–C) groups is 1. The third kappa shape index (κ3) is 10.3. The van der Waals surface area contributed by atoms with Gasteiger partial charge in [0, 0.05) is 24.3 Å². The highest BCUT2D eigenvalue weighted by molar-refractivity contribution is 5.67. The first-order valence-corrected chi connectivity index (χ1v) is 14.4. The number of benzene rings is 1. The lowest BCUT2D eigenvalue weighted by atomic mass is 9.77. The van der Waals surface area contributed by atoms with Crippen molar-refractivity contribution < 1.29 is 38.1 Å². The number of carboxylic acids is 2. The number of carbonyl (C=O) groups is 2. The fourth-order valence-corrected chi connectivity index (χ4v) is 4.85. The Labute approximate surface area is 258 Å². The molecule has 12 nitrogen and oxygen atoms in total. The Hall–Kier alpha value is -4.50. The summed E-state index contributed by atoms with van der Waals surface area (Å²) in [6.45, 7) is 1.75. The van der Waals surface area contributed by atoms with Crippen LogP contribution in [-0.2, 0) is 15.2 Å². The lowest BCUT2D eigenvalue weighted by Crippen LogP contribution is -2.47. The maximum Gasteiger partial charge on any atom is 0.303 e. The molecule has 0 bridgehead atoms. The molecule has 3 heterocycles. The highest BCUT2D eigenvalue weighted by atomic mass is 19.1. The quantitative estimate of drug-likeness (QED) is 0.175. The van der Waals surface area contributed by atoms with Gasteiger partial charge in [-0.05, 0) is 30.5 Å². The monoisotopic (exact) mass is 631 g/mol. The highest BCUT2D eigenvalue weighted by Crippen LogP contribution is 2.42. The summed E-state index contributed by atoms with van der Waals surface area (Å²) in [5, 5.41) is 30.2. The number of nitrogens with zero attached hydrogens (tertiary/aromatic N) is 6. The van der Waals surface area contributed by atoms with Gasteiger partial charge in [-0.3, -0.25) is 19.6 Å². The molecule has 0 saturated heterocycles. The third-order valence-corrected chi connectivity index (χ3v) is 7.22. The number of β-amino-alcohol motifs (C(OH)–C–C–N with tert-alkyl or cyclic N) is 1. The molecule has 45 heavy (non-hydrogen) atoms. The number of nitrogens with one attached hydrogen (secondary N) is 1. The normalized spacial score (nSPS) is 14.4. The Balaban J connectivity index is 0.000000335. The molecular formula is C30H36F3N7O5. The molecule has 2 atom stereocenters. The van der Waals surface area contributed by atoms with Gasteiger partial charge in [-0.1, -0.05) is 38.7 Å². The number of unbranched alkanes of at least 4 members (excludes halogenated alkanes) is 5. The first kappa shape index (κ1) is 35.0. The van der Waals surface area contributed by atoms with E-state index >= 15 is 0 Å². The van der Waals surface area contributed by atoms with Crippen LogP contribution in [0, 0.1) is 17.5 Å². The second-order valence-corrected chi connectivity index (χ2v) is 10.5. The zero-order valence-corrected chi connectivity index (χ0v) is 24.7. The van der Waals surface area contributed by atoms with Crippen molar-refractivity contribution in [3.63, 3.8) is 0 Å². The van der Waals surface area contributed by atoms with E-state index < -0.39 is 40.9 Å². The first-order valence-electron chi connectivity index (χ1n) is 14.4. The molecule has 0 aliphatic carbocycles. The van der Waals surface area contributed by atoms with Gasteiger partial charge in [-0.2, -0.15) is 0 Å². The average molecular weight is 632 g/mol. The Kier molecular flexibility index (Phi) is 13.3. The SMILES string of the molecule is C[C@@H](c1ncncc1F)[C@](O)(CN1C=NCN1)c1ccc(F)cc1-c1ncncc1F.O=C(O)CCCCCCCCC(=O)O. The fourth-order valence-electron chi connectivity index (χ4n) is 4.85. The molecule has 0 saturated carbocycles. The molecule has 0 radical (unpaired) electrons. The number of carboxylic acid groups (broad SMARTS) is 2. The van der Waals surface area contributed by atoms with E-state index in [0.717, 1.165) is 69.4 Å². The van der Waals surface area contributed by atoms with Gasteiger partial charge in [-0.15, -0.1) is 0 Å². The second-order valence-electron chi connectivity index (χ2n) is 10.5. The molecule has 0 unspecified atom stereocenters. The fraction of sp³-hybridized carbons (Fsp3) is 0.433. The van der Waals surface area contributed by atoms with Gasteiger partial charge in [0.1, 0.15) is 42.8 Å². The van der Waals surface area contributed by atoms with Gasteiger partial charge in [0.05, 0.1) is 24.6 Å². The summed E-state index contributed by atoms with van der Waals surface area (Å²) < 4.78 is 43.2. The third-order valence-electron chi connectivity index (χ3n) is 7.22. The van der Waals surface area contributed by atoms with Gasteiger partial charge < -0.3 is 15.3 Å². The number of hydrazine groups is 1. The van der Waals surface area contributed by atoms with E-state index in [2.05, 4.69) is 30.4 Å². The number of rotatable bonds is 15. The van der Waals surface area contributed by atoms with Crippen molar-refractivity contribution in [1.29, 1.82) is 0 Å². The largest absolute Gasteiger partial charge is 0.481 e. The summed E-state index contributed by atoms with van der Waals surface area (Å²) >= 11 is 0. The minimum Gasteiger partial charge on any atom is -0.481 e. The van der Waals surface area contributed by atoms with E-state index in [0.29, 0.717) is 6.67 Å². The van der Waals surface area contributed by atoms with Gasteiger partial charge in [-0.25, -0.2) is 38.5 Å². The van der Waals surface area contributed by atoms with Crippen LogP contribution in [-0.4, -0.2) is 71.8 Å². The molecule has 242 valence electrons. The topological polar surface area (TPSA) is 174 Å². The number of aliphatic carboxylic acids is 2. The van der Waals surface area contributed by atoms with Crippen molar-refractivity contribution >= 4 is 18.3 Å². The first-order chi connectivity index (χ1) is 21.5. The standard InChI is InChI=1S/C20H18F3N7O.C10H18O4/c1-12(18-16(22)5-24-8-27-18)20(31,7-30-11-26-10-29-30)15-3-2-13(21)4-14(15)19-17(23)6-25-9-28-19;11-9(12)7-5-3-1-2-4-6-8-10(13)14/h2-6,8-9,11-12,29,31H,7,10H2,1H3;1-8H2,(H,11,12)(H,13,14)/t12-,20+;/m0./s1. The summed E-state index contributed by atoms with van der Waals surface area (Å²) in [6, 6.07) is 3.53. The van der Waals surface area contributed by atoms with Crippen LogP contribution in [0.2, 0.25) is 0 Å². The predicted molar refractivity (Wildman–Crippen MR) is 157 cm³/mol. The molecule has 4 rings (SSSR count). The molecule has 0 fully saturated rings. The zero-order valence-electron chi connectivity index (χ0n) is 24.7. The summed E-state index contributed by atoms with van der Waals surface area (Å²) in [4.78, 5) is 39.5. The highest BCUT2D eigenvalue weighted by Gasteiger charge is 2.43. The van der Waals surface area contributed by atoms with Crippen molar-refractivity contribution in [2.75, 3.05) is 13.2 Å². The molecule has 4 N–H and O–H groups in total. The Bertz CT molecular complexity index is 1440. The van der Waals surface area contributed by atoms with E-state index in [4.69, 9.17) is 10.2 Å². The molecule has 1 aliphatic rings. The van der Waals surface area contributed by atoms with Crippen LogP contribution >= 0.6 is 0 Å². The minimum atomic E-state index is -1.86. The number of hydrogen-bond acceptors (Lipinski definition) is 10. The Morgan fingerprint density at radius 2 is 1.53 bits per heavy atom. The van der Waals surface area contributed by atoms with Crippen LogP contribution in [0.1, 0.15) is 75.5 Å². The number of aromatic nitrogens is 4. The Morgan fingerprint density at radius 1 is 0.933 bits per heavy atom. The number of aliphatic hydroxyl groups is 1. The lowest BCUT2D eigenvalue weighted by Gasteiger charge is -2.38. The van der Waals surface area contributed by atoms with E-state index in [9.17, 15) is 27.9 Å². The molecular weight excluding hydrogens is 595 g/mol. The summed E-state index contributed by atoms with van der Waals surface area (Å²) in [6.07, 6.45) is 11.5. The van der Waals surface area contributed by atoms with E-state index in [1.54, 1.807) is 6.92 Å². The summed E-state index contributed by atoms with van der Waals surface area (Å²) in [5.41, 5.74) is 0.983. The molecule has 0 spiro atoms. The molecule has 1 aromatic carbocycles. The summed E-state index contributed by atoms with van der Waals surface area (Å²) in [7, 11) is 0. The van der Waals surface area contributed by atoms with Crippen LogP contribution in [0.3, 0.4) is 0 Å². The van der Waals surface area contributed by atoms with E-state index in [1.807, 2.05) is 0 Å². The van der Waals surface area contributed by atoms with Crippen LogP contribution in [0.5, 0.6) is 0 Å². The van der Waals surface area contributed by atoms with Crippen molar-refractivity contribution in [1.82, 2.24) is 30.4 Å². The minimum absolute atomic E-state index is 0.0138. The molecule has 1 aliphatic heterocycles. The van der Waals surface area contributed by atoms with Crippen molar-refractivity contribution in [3.8, 4) is 11.3 Å².